The van der Waals surface area contributed by atoms with Crippen LogP contribution in [-0.2, 0) is 11.3 Å². The van der Waals surface area contributed by atoms with Crippen molar-refractivity contribution in [3.63, 3.8) is 0 Å². The second-order valence-electron chi connectivity index (χ2n) is 3.56. The number of hydrogen-bond acceptors (Lipinski definition) is 1. The summed E-state index contributed by atoms with van der Waals surface area (Å²) in [5.74, 6) is 0.402. The van der Waals surface area contributed by atoms with E-state index < -0.39 is 0 Å². The summed E-state index contributed by atoms with van der Waals surface area (Å²) in [5, 5.41) is 0. The van der Waals surface area contributed by atoms with Gasteiger partial charge in [-0.1, -0.05) is 12.1 Å². The molecule has 0 aliphatic heterocycles. The molecule has 0 aromatic heterocycles. The first kappa shape index (κ1) is 8.70. The summed E-state index contributed by atoms with van der Waals surface area (Å²) in [5.41, 5.74) is 1.93. The van der Waals surface area contributed by atoms with E-state index in [1.165, 1.54) is 0 Å². The van der Waals surface area contributed by atoms with E-state index in [0.29, 0.717) is 12.5 Å². The van der Waals surface area contributed by atoms with Gasteiger partial charge in [0, 0.05) is 7.11 Å². The molecule has 1 fully saturated rings. The SMILES string of the molecule is COCc1ccc(F)c(C2CC2)c1. The van der Waals surface area contributed by atoms with Crippen LogP contribution in [0.5, 0.6) is 0 Å². The van der Waals surface area contributed by atoms with Crippen molar-refractivity contribution < 1.29 is 9.13 Å². The van der Waals surface area contributed by atoms with E-state index in [9.17, 15) is 4.39 Å². The molecule has 1 aliphatic carbocycles. The van der Waals surface area contributed by atoms with E-state index >= 15 is 0 Å². The number of benzene rings is 1. The Morgan fingerprint density at radius 3 is 2.85 bits per heavy atom. The van der Waals surface area contributed by atoms with Gasteiger partial charge in [-0.25, -0.2) is 4.39 Å². The molecule has 0 spiro atoms. The lowest BCUT2D eigenvalue weighted by atomic mass is 10.1. The zero-order chi connectivity index (χ0) is 9.26. The fraction of sp³-hybridized carbons (Fsp3) is 0.455. The summed E-state index contributed by atoms with van der Waals surface area (Å²) in [4.78, 5) is 0. The standard InChI is InChI=1S/C11H13FO/c1-13-7-8-2-5-11(12)10(6-8)9-3-4-9/h2,5-6,9H,3-4,7H2,1H3. The first-order chi connectivity index (χ1) is 6.31. The van der Waals surface area contributed by atoms with Crippen LogP contribution in [0.2, 0.25) is 0 Å². The molecule has 0 atom stereocenters. The minimum absolute atomic E-state index is 0.0673. The fourth-order valence-electron chi connectivity index (χ4n) is 1.56. The number of hydrogen-bond donors (Lipinski definition) is 0. The normalized spacial score (nSPS) is 16.2. The van der Waals surface area contributed by atoms with Crippen LogP contribution in [0.1, 0.15) is 29.9 Å². The highest BCUT2D eigenvalue weighted by atomic mass is 19.1. The zero-order valence-electron chi connectivity index (χ0n) is 7.72. The summed E-state index contributed by atoms with van der Waals surface area (Å²) in [6.45, 7) is 0.569. The van der Waals surface area contributed by atoms with Gasteiger partial charge in [-0.3, -0.25) is 0 Å². The topological polar surface area (TPSA) is 9.23 Å². The van der Waals surface area contributed by atoms with Gasteiger partial charge < -0.3 is 4.74 Å². The Bertz CT molecular complexity index is 305. The molecule has 0 N–H and O–H groups in total. The van der Waals surface area contributed by atoms with Crippen molar-refractivity contribution in [3.8, 4) is 0 Å². The maximum atomic E-state index is 13.3. The van der Waals surface area contributed by atoms with Crippen LogP contribution in [0, 0.1) is 5.82 Å². The van der Waals surface area contributed by atoms with Crippen LogP contribution in [0.4, 0.5) is 4.39 Å². The Morgan fingerprint density at radius 1 is 1.46 bits per heavy atom. The summed E-state index contributed by atoms with van der Waals surface area (Å²) in [6.07, 6.45) is 2.26. The van der Waals surface area contributed by atoms with E-state index in [4.69, 9.17) is 4.74 Å². The number of rotatable bonds is 3. The van der Waals surface area contributed by atoms with Crippen molar-refractivity contribution in [2.24, 2.45) is 0 Å². The molecule has 0 heterocycles. The molecular formula is C11H13FO. The molecule has 0 bridgehead atoms. The van der Waals surface area contributed by atoms with Crippen molar-refractivity contribution in [1.29, 1.82) is 0 Å². The van der Waals surface area contributed by atoms with Crippen LogP contribution in [0.3, 0.4) is 0 Å². The number of ether oxygens (including phenoxy) is 1. The summed E-state index contributed by atoms with van der Waals surface area (Å²) in [6, 6.07) is 5.25. The highest BCUT2D eigenvalue weighted by molar-refractivity contribution is 5.30. The summed E-state index contributed by atoms with van der Waals surface area (Å²) < 4.78 is 18.3. The first-order valence-electron chi connectivity index (χ1n) is 4.58. The monoisotopic (exact) mass is 180 g/mol. The molecule has 70 valence electrons. The van der Waals surface area contributed by atoms with E-state index in [1.54, 1.807) is 19.2 Å². The van der Waals surface area contributed by atoms with Crippen LogP contribution in [-0.4, -0.2) is 7.11 Å². The van der Waals surface area contributed by atoms with E-state index in [0.717, 1.165) is 24.0 Å². The van der Waals surface area contributed by atoms with Crippen LogP contribution in [0.25, 0.3) is 0 Å². The molecule has 0 radical (unpaired) electrons. The molecule has 1 aromatic carbocycles. The Labute approximate surface area is 77.5 Å². The molecule has 0 unspecified atom stereocenters. The average Bonchev–Trinajstić information content (AvgIpc) is 2.92. The minimum atomic E-state index is -0.0673. The van der Waals surface area contributed by atoms with Crippen molar-refractivity contribution in [2.45, 2.75) is 25.4 Å². The maximum absolute atomic E-state index is 13.3. The maximum Gasteiger partial charge on any atom is 0.126 e. The molecule has 0 amide bonds. The Morgan fingerprint density at radius 2 is 2.23 bits per heavy atom. The predicted octanol–water partition coefficient (Wildman–Crippen LogP) is 2.85. The van der Waals surface area contributed by atoms with E-state index in [2.05, 4.69) is 0 Å². The Hall–Kier alpha value is -0.890. The molecule has 13 heavy (non-hydrogen) atoms. The predicted molar refractivity (Wildman–Crippen MR) is 49.1 cm³/mol. The van der Waals surface area contributed by atoms with Gasteiger partial charge in [0.2, 0.25) is 0 Å². The van der Waals surface area contributed by atoms with Gasteiger partial charge in [0.05, 0.1) is 6.61 Å². The van der Waals surface area contributed by atoms with Gasteiger partial charge in [-0.05, 0) is 36.0 Å². The Kier molecular flexibility index (Phi) is 2.32. The molecule has 0 saturated heterocycles. The average molecular weight is 180 g/mol. The van der Waals surface area contributed by atoms with Crippen LogP contribution >= 0.6 is 0 Å². The van der Waals surface area contributed by atoms with E-state index in [1.807, 2.05) is 6.07 Å². The van der Waals surface area contributed by atoms with Gasteiger partial charge in [0.25, 0.3) is 0 Å². The summed E-state index contributed by atoms with van der Waals surface area (Å²) in [7, 11) is 1.65. The lowest BCUT2D eigenvalue weighted by molar-refractivity contribution is 0.184. The third kappa shape index (κ3) is 1.89. The van der Waals surface area contributed by atoms with E-state index in [-0.39, 0.29) is 5.82 Å². The van der Waals surface area contributed by atoms with Crippen molar-refractivity contribution in [3.05, 3.63) is 35.1 Å². The number of methoxy groups -OCH3 is 1. The lowest BCUT2D eigenvalue weighted by Gasteiger charge is -2.04. The first-order valence-corrected chi connectivity index (χ1v) is 4.58. The van der Waals surface area contributed by atoms with Gasteiger partial charge in [0.15, 0.2) is 0 Å². The highest BCUT2D eigenvalue weighted by Crippen LogP contribution is 2.41. The molecule has 1 nitrogen and oxygen atoms in total. The molecule has 2 rings (SSSR count). The van der Waals surface area contributed by atoms with Crippen molar-refractivity contribution >= 4 is 0 Å². The molecule has 1 aromatic rings. The zero-order valence-corrected chi connectivity index (χ0v) is 7.72. The second-order valence-corrected chi connectivity index (χ2v) is 3.56. The van der Waals surface area contributed by atoms with Crippen molar-refractivity contribution in [2.75, 3.05) is 7.11 Å². The van der Waals surface area contributed by atoms with Crippen LogP contribution < -0.4 is 0 Å². The Balaban J connectivity index is 2.25. The molecule has 1 aliphatic rings. The van der Waals surface area contributed by atoms with Crippen LogP contribution in [0.15, 0.2) is 18.2 Å². The second kappa shape index (κ2) is 3.46. The van der Waals surface area contributed by atoms with Gasteiger partial charge in [-0.15, -0.1) is 0 Å². The highest BCUT2D eigenvalue weighted by Gasteiger charge is 2.26. The smallest absolute Gasteiger partial charge is 0.126 e. The summed E-state index contributed by atoms with van der Waals surface area (Å²) >= 11 is 0. The van der Waals surface area contributed by atoms with Gasteiger partial charge in [-0.2, -0.15) is 0 Å². The van der Waals surface area contributed by atoms with Gasteiger partial charge in [0.1, 0.15) is 5.82 Å². The largest absolute Gasteiger partial charge is 0.380 e. The fourth-order valence-corrected chi connectivity index (χ4v) is 1.56. The molecule has 2 heteroatoms. The number of halogens is 1. The lowest BCUT2D eigenvalue weighted by Crippen LogP contribution is -1.92. The quantitative estimate of drug-likeness (QED) is 0.695. The third-order valence-electron chi connectivity index (χ3n) is 2.39. The molecule has 1 saturated carbocycles. The molecular weight excluding hydrogens is 167 g/mol. The third-order valence-corrected chi connectivity index (χ3v) is 2.39. The van der Waals surface area contributed by atoms with Crippen molar-refractivity contribution in [1.82, 2.24) is 0 Å². The minimum Gasteiger partial charge on any atom is -0.380 e. The van der Waals surface area contributed by atoms with Gasteiger partial charge >= 0.3 is 0 Å².